The third-order valence-corrected chi connectivity index (χ3v) is 3.04. The van der Waals surface area contributed by atoms with E-state index in [1.54, 1.807) is 4.90 Å². The molecule has 1 aliphatic heterocycles. The summed E-state index contributed by atoms with van der Waals surface area (Å²) in [5.74, 6) is 0. The standard InChI is InChI=1S/C13H19N3O/c1-16-12-7-3-2-5-11(12)6-4-8-14-9-10-15-13(16)17/h2-3,5,7,14H,4,6,8-10H2,1H3,(H,15,17). The maximum Gasteiger partial charge on any atom is 0.321 e. The van der Waals surface area contributed by atoms with Crippen LogP contribution in [0.3, 0.4) is 0 Å². The number of nitrogens with zero attached hydrogens (tertiary/aromatic N) is 1. The Morgan fingerprint density at radius 1 is 1.18 bits per heavy atom. The van der Waals surface area contributed by atoms with Gasteiger partial charge in [-0.25, -0.2) is 4.79 Å². The van der Waals surface area contributed by atoms with Crippen LogP contribution in [-0.4, -0.2) is 32.7 Å². The molecule has 0 saturated heterocycles. The number of amides is 2. The molecule has 0 aromatic heterocycles. The number of carbonyl (C=O) groups is 1. The topological polar surface area (TPSA) is 44.4 Å². The molecule has 0 aliphatic carbocycles. The summed E-state index contributed by atoms with van der Waals surface area (Å²) in [5, 5.41) is 6.21. The Morgan fingerprint density at radius 3 is 2.88 bits per heavy atom. The second-order valence-corrected chi connectivity index (χ2v) is 4.27. The first-order chi connectivity index (χ1) is 8.29. The van der Waals surface area contributed by atoms with Crippen molar-refractivity contribution in [2.24, 2.45) is 0 Å². The number of urea groups is 1. The average Bonchev–Trinajstić information content (AvgIpc) is 2.39. The van der Waals surface area contributed by atoms with Crippen molar-refractivity contribution in [1.82, 2.24) is 10.6 Å². The third kappa shape index (κ3) is 2.97. The van der Waals surface area contributed by atoms with E-state index in [9.17, 15) is 4.79 Å². The molecule has 1 aliphatic rings. The molecule has 0 bridgehead atoms. The molecule has 0 fully saturated rings. The van der Waals surface area contributed by atoms with Crippen molar-refractivity contribution in [1.29, 1.82) is 0 Å². The Bertz CT molecular complexity index is 392. The van der Waals surface area contributed by atoms with Crippen LogP contribution in [0, 0.1) is 0 Å². The van der Waals surface area contributed by atoms with Gasteiger partial charge in [0.15, 0.2) is 0 Å². The predicted molar refractivity (Wildman–Crippen MR) is 69.4 cm³/mol. The second kappa shape index (κ2) is 5.68. The number of benzene rings is 1. The highest BCUT2D eigenvalue weighted by molar-refractivity contribution is 5.92. The van der Waals surface area contributed by atoms with Gasteiger partial charge in [0.25, 0.3) is 0 Å². The van der Waals surface area contributed by atoms with Crippen LogP contribution >= 0.6 is 0 Å². The van der Waals surface area contributed by atoms with Gasteiger partial charge in [0.1, 0.15) is 0 Å². The molecule has 2 rings (SSSR count). The summed E-state index contributed by atoms with van der Waals surface area (Å²) in [6, 6.07) is 8.05. The number of aryl methyl sites for hydroxylation is 1. The van der Waals surface area contributed by atoms with Gasteiger partial charge in [-0.05, 0) is 31.0 Å². The fourth-order valence-electron chi connectivity index (χ4n) is 2.06. The highest BCUT2D eigenvalue weighted by Gasteiger charge is 2.13. The van der Waals surface area contributed by atoms with Crippen LogP contribution in [0.2, 0.25) is 0 Å². The molecule has 4 nitrogen and oxygen atoms in total. The third-order valence-electron chi connectivity index (χ3n) is 3.04. The van der Waals surface area contributed by atoms with E-state index in [4.69, 9.17) is 0 Å². The molecule has 0 spiro atoms. The average molecular weight is 233 g/mol. The van der Waals surface area contributed by atoms with Gasteiger partial charge < -0.3 is 10.6 Å². The van der Waals surface area contributed by atoms with E-state index in [0.717, 1.165) is 31.6 Å². The van der Waals surface area contributed by atoms with Crippen molar-refractivity contribution >= 4 is 11.7 Å². The number of hydrogen-bond acceptors (Lipinski definition) is 2. The zero-order valence-corrected chi connectivity index (χ0v) is 10.2. The highest BCUT2D eigenvalue weighted by Crippen LogP contribution is 2.20. The van der Waals surface area contributed by atoms with E-state index in [1.165, 1.54) is 5.56 Å². The van der Waals surface area contributed by atoms with Crippen LogP contribution in [0.25, 0.3) is 0 Å². The number of rotatable bonds is 0. The summed E-state index contributed by atoms with van der Waals surface area (Å²) in [6.07, 6.45) is 2.10. The maximum atomic E-state index is 11.9. The number of fused-ring (bicyclic) bond motifs is 1. The Labute approximate surface area is 102 Å². The minimum absolute atomic E-state index is 0.0406. The normalized spacial score (nSPS) is 17.9. The van der Waals surface area contributed by atoms with Crippen LogP contribution in [0.4, 0.5) is 10.5 Å². The smallest absolute Gasteiger partial charge is 0.321 e. The summed E-state index contributed by atoms with van der Waals surface area (Å²) in [4.78, 5) is 13.6. The molecule has 1 aromatic carbocycles. The van der Waals surface area contributed by atoms with Crippen LogP contribution in [-0.2, 0) is 6.42 Å². The SMILES string of the molecule is CN1C(=O)NCCNCCCc2ccccc21. The van der Waals surface area contributed by atoms with Crippen LogP contribution in [0.5, 0.6) is 0 Å². The van der Waals surface area contributed by atoms with E-state index in [-0.39, 0.29) is 6.03 Å². The van der Waals surface area contributed by atoms with Crippen LogP contribution < -0.4 is 15.5 Å². The van der Waals surface area contributed by atoms with Gasteiger partial charge in [-0.15, -0.1) is 0 Å². The first-order valence-electron chi connectivity index (χ1n) is 6.09. The number of hydrogen-bond donors (Lipinski definition) is 2. The molecule has 0 atom stereocenters. The molecular formula is C13H19N3O. The van der Waals surface area contributed by atoms with Gasteiger partial charge in [0, 0.05) is 25.8 Å². The maximum absolute atomic E-state index is 11.9. The molecule has 92 valence electrons. The first kappa shape index (κ1) is 11.9. The number of anilines is 1. The fraction of sp³-hybridized carbons (Fsp3) is 0.462. The Hall–Kier alpha value is -1.55. The molecule has 0 unspecified atom stereocenters. The van der Waals surface area contributed by atoms with E-state index in [1.807, 2.05) is 25.2 Å². The Kier molecular flexibility index (Phi) is 3.98. The summed E-state index contributed by atoms with van der Waals surface area (Å²) in [7, 11) is 1.82. The summed E-state index contributed by atoms with van der Waals surface area (Å²) >= 11 is 0. The lowest BCUT2D eigenvalue weighted by molar-refractivity contribution is 0.247. The van der Waals surface area contributed by atoms with Crippen LogP contribution in [0.15, 0.2) is 24.3 Å². The van der Waals surface area contributed by atoms with Gasteiger partial charge >= 0.3 is 6.03 Å². The molecule has 1 aromatic rings. The molecule has 0 saturated carbocycles. The molecule has 4 heteroatoms. The predicted octanol–water partition coefficient (Wildman–Crippen LogP) is 1.37. The van der Waals surface area contributed by atoms with Crippen molar-refractivity contribution in [2.75, 3.05) is 31.6 Å². The van der Waals surface area contributed by atoms with Crippen molar-refractivity contribution in [3.05, 3.63) is 29.8 Å². The molecule has 17 heavy (non-hydrogen) atoms. The second-order valence-electron chi connectivity index (χ2n) is 4.27. The van der Waals surface area contributed by atoms with Crippen LogP contribution in [0.1, 0.15) is 12.0 Å². The van der Waals surface area contributed by atoms with Gasteiger partial charge in [0.2, 0.25) is 0 Å². The molecule has 0 radical (unpaired) electrons. The van der Waals surface area contributed by atoms with Gasteiger partial charge in [-0.2, -0.15) is 0 Å². The largest absolute Gasteiger partial charge is 0.336 e. The van der Waals surface area contributed by atoms with Crippen molar-refractivity contribution in [2.45, 2.75) is 12.8 Å². The molecular weight excluding hydrogens is 214 g/mol. The lowest BCUT2D eigenvalue weighted by Gasteiger charge is -2.20. The summed E-state index contributed by atoms with van der Waals surface area (Å²) in [6.45, 7) is 2.50. The summed E-state index contributed by atoms with van der Waals surface area (Å²) < 4.78 is 0. The van der Waals surface area contributed by atoms with E-state index >= 15 is 0 Å². The van der Waals surface area contributed by atoms with E-state index in [0.29, 0.717) is 6.54 Å². The van der Waals surface area contributed by atoms with Crippen molar-refractivity contribution < 1.29 is 4.79 Å². The van der Waals surface area contributed by atoms with Gasteiger partial charge in [0.05, 0.1) is 0 Å². The van der Waals surface area contributed by atoms with Gasteiger partial charge in [-0.3, -0.25) is 4.90 Å². The fourth-order valence-corrected chi connectivity index (χ4v) is 2.06. The van der Waals surface area contributed by atoms with Crippen molar-refractivity contribution in [3.63, 3.8) is 0 Å². The zero-order chi connectivity index (χ0) is 12.1. The molecule has 1 heterocycles. The lowest BCUT2D eigenvalue weighted by atomic mass is 10.1. The molecule has 2 N–H and O–H groups in total. The number of para-hydroxylation sites is 1. The monoisotopic (exact) mass is 233 g/mol. The summed E-state index contributed by atoms with van der Waals surface area (Å²) in [5.41, 5.74) is 2.24. The number of carbonyl (C=O) groups excluding carboxylic acids is 1. The molecule has 2 amide bonds. The van der Waals surface area contributed by atoms with Crippen molar-refractivity contribution in [3.8, 4) is 0 Å². The number of nitrogens with one attached hydrogen (secondary N) is 2. The quantitative estimate of drug-likeness (QED) is 0.711. The highest BCUT2D eigenvalue weighted by atomic mass is 16.2. The van der Waals surface area contributed by atoms with Gasteiger partial charge in [-0.1, -0.05) is 18.2 Å². The van der Waals surface area contributed by atoms with E-state index in [2.05, 4.69) is 16.7 Å². The lowest BCUT2D eigenvalue weighted by Crippen LogP contribution is -2.40. The van der Waals surface area contributed by atoms with E-state index < -0.39 is 0 Å². The zero-order valence-electron chi connectivity index (χ0n) is 10.2. The Morgan fingerprint density at radius 2 is 2.00 bits per heavy atom. The minimum atomic E-state index is -0.0406. The first-order valence-corrected chi connectivity index (χ1v) is 6.09. The Balaban J connectivity index is 2.24. The minimum Gasteiger partial charge on any atom is -0.336 e.